The number of nitrogens with two attached hydrogens (primary N) is 3. The number of benzene rings is 1. The van der Waals surface area contributed by atoms with Gasteiger partial charge in [0.15, 0.2) is 0 Å². The molecule has 1 heterocycles. The quantitative estimate of drug-likeness (QED) is 0.0692. The van der Waals surface area contributed by atoms with Crippen LogP contribution in [0.2, 0.25) is 0 Å². The van der Waals surface area contributed by atoms with Crippen LogP contribution in [0.5, 0.6) is 5.75 Å². The fraction of sp³-hybridized carbons (Fsp3) is 0.595. The van der Waals surface area contributed by atoms with Gasteiger partial charge in [-0.3, -0.25) is 52.7 Å². The summed E-state index contributed by atoms with van der Waals surface area (Å²) in [6.45, 7) is 5.87. The molecule has 1 fully saturated rings. The molecule has 0 spiro atoms. The average Bonchev–Trinajstić information content (AvgIpc) is 3.23. The average molecular weight is 916 g/mol. The predicted octanol–water partition coefficient (Wildman–Crippen LogP) is -3.24. The Balaban J connectivity index is 2.50. The SMILES string of the molecule is CC[C@H](C)[C@@H]1NC(=O)C(Cc2ccc(O)cc2)NC(=O)CCCCCC(C(=O)NCC(=O)N[C@@H](CC(C)C)C(=O)NCC(N)=O)NC(=O)[C@H](CC(N)=O)NC(=O)C(CCC(N)=O)NC1=O. The number of carbonyl (C=O) groups excluding carboxylic acids is 11. The normalized spacial score (nSPS) is 21.4. The van der Waals surface area contributed by atoms with E-state index in [2.05, 4.69) is 42.5 Å². The van der Waals surface area contributed by atoms with Crippen LogP contribution in [0, 0.1) is 11.8 Å². The zero-order valence-corrected chi connectivity index (χ0v) is 37.3. The molecule has 23 heteroatoms. The van der Waals surface area contributed by atoms with Gasteiger partial charge in [-0.05, 0) is 55.2 Å². The minimum Gasteiger partial charge on any atom is -0.508 e. The van der Waals surface area contributed by atoms with Crippen molar-refractivity contribution in [3.63, 3.8) is 0 Å². The highest BCUT2D eigenvalue weighted by Crippen LogP contribution is 2.15. The first-order valence-electron chi connectivity index (χ1n) is 21.6. The molecular weight excluding hydrogens is 851 g/mol. The van der Waals surface area contributed by atoms with Crippen LogP contribution in [0.25, 0.3) is 0 Å². The Morgan fingerprint density at radius 1 is 0.723 bits per heavy atom. The van der Waals surface area contributed by atoms with E-state index in [1.807, 2.05) is 0 Å². The Hall–Kier alpha value is -6.81. The number of rotatable bonds is 18. The van der Waals surface area contributed by atoms with Gasteiger partial charge >= 0.3 is 0 Å². The second kappa shape index (κ2) is 27.4. The number of hydrogen-bond acceptors (Lipinski definition) is 12. The molecule has 0 bridgehead atoms. The Morgan fingerprint density at radius 3 is 1.95 bits per heavy atom. The lowest BCUT2D eigenvalue weighted by atomic mass is 9.96. The van der Waals surface area contributed by atoms with Crippen LogP contribution in [0.4, 0.5) is 0 Å². The summed E-state index contributed by atoms with van der Waals surface area (Å²) in [4.78, 5) is 143. The molecule has 3 unspecified atom stereocenters. The number of hydrogen-bond donors (Lipinski definition) is 12. The van der Waals surface area contributed by atoms with Crippen molar-refractivity contribution in [3.8, 4) is 5.75 Å². The summed E-state index contributed by atoms with van der Waals surface area (Å²) in [5.41, 5.74) is 16.5. The standard InChI is InChI=1S/C42H65N11O12/c1-5-23(4)36-42(65)51-27(15-16-31(43)55)39(62)52-30(19-32(44)56)40(63)50-26(37(60)47-21-35(59)49-28(17-22(2)3)38(61)46-20-33(45)57)9-7-6-8-10-34(58)48-29(41(64)53-36)18-24-11-13-25(54)14-12-24/h11-14,22-23,26-30,36,54H,5-10,15-21H2,1-4H3,(H2,43,55)(H2,44,56)(H2,45,57)(H,46,61)(H,47,60)(H,48,58)(H,49,59)(H,50,63)(H,51,65)(H,52,62)(H,53,64)/t23-,26?,27?,28-,29?,30-,36-/m0/s1. The van der Waals surface area contributed by atoms with Crippen LogP contribution in [0.3, 0.4) is 0 Å². The van der Waals surface area contributed by atoms with Crippen LogP contribution in [0.15, 0.2) is 24.3 Å². The van der Waals surface area contributed by atoms with Gasteiger partial charge in [0.05, 0.1) is 19.5 Å². The summed E-state index contributed by atoms with van der Waals surface area (Å²) >= 11 is 0. The lowest BCUT2D eigenvalue weighted by Crippen LogP contribution is -2.60. The highest BCUT2D eigenvalue weighted by atomic mass is 16.3. The van der Waals surface area contributed by atoms with Gasteiger partial charge in [-0.25, -0.2) is 0 Å². The Morgan fingerprint density at radius 2 is 1.35 bits per heavy atom. The summed E-state index contributed by atoms with van der Waals surface area (Å²) in [5, 5.41) is 29.8. The van der Waals surface area contributed by atoms with Crippen molar-refractivity contribution in [1.82, 2.24) is 42.5 Å². The molecule has 11 amide bonds. The molecule has 0 saturated carbocycles. The van der Waals surface area contributed by atoms with Gasteiger partial charge in [-0.1, -0.05) is 59.1 Å². The lowest BCUT2D eigenvalue weighted by molar-refractivity contribution is -0.136. The molecule has 1 aliphatic rings. The molecular formula is C42H65N11O12. The molecule has 23 nitrogen and oxygen atoms in total. The van der Waals surface area contributed by atoms with Gasteiger partial charge < -0.3 is 64.8 Å². The molecule has 1 saturated heterocycles. The third-order valence-electron chi connectivity index (χ3n) is 10.4. The molecule has 15 N–H and O–H groups in total. The molecule has 0 aromatic heterocycles. The second-order valence-electron chi connectivity index (χ2n) is 16.5. The van der Waals surface area contributed by atoms with Crippen LogP contribution >= 0.6 is 0 Å². The monoisotopic (exact) mass is 915 g/mol. The zero-order chi connectivity index (χ0) is 48.8. The molecule has 7 atom stereocenters. The van der Waals surface area contributed by atoms with E-state index in [1.165, 1.54) is 12.1 Å². The third-order valence-corrected chi connectivity index (χ3v) is 10.4. The molecule has 65 heavy (non-hydrogen) atoms. The van der Waals surface area contributed by atoms with Crippen molar-refractivity contribution < 1.29 is 57.8 Å². The van der Waals surface area contributed by atoms with E-state index in [0.717, 1.165) is 0 Å². The molecule has 2 rings (SSSR count). The number of nitrogens with one attached hydrogen (secondary N) is 8. The number of amides is 11. The summed E-state index contributed by atoms with van der Waals surface area (Å²) in [7, 11) is 0. The number of aromatic hydroxyl groups is 1. The Kier molecular flexibility index (Phi) is 22.9. The number of carbonyl (C=O) groups is 11. The highest BCUT2D eigenvalue weighted by Gasteiger charge is 2.35. The zero-order valence-electron chi connectivity index (χ0n) is 37.3. The topological polar surface area (TPSA) is 382 Å². The first kappa shape index (κ1) is 54.3. The summed E-state index contributed by atoms with van der Waals surface area (Å²) < 4.78 is 0. The Bertz CT molecular complexity index is 1880. The van der Waals surface area contributed by atoms with Gasteiger partial charge in [-0.2, -0.15) is 0 Å². The van der Waals surface area contributed by atoms with E-state index in [-0.39, 0.29) is 56.6 Å². The van der Waals surface area contributed by atoms with E-state index in [1.54, 1.807) is 39.8 Å². The third kappa shape index (κ3) is 20.5. The second-order valence-corrected chi connectivity index (χ2v) is 16.5. The molecule has 1 aliphatic heterocycles. The van der Waals surface area contributed by atoms with Crippen molar-refractivity contribution in [1.29, 1.82) is 0 Å². The maximum Gasteiger partial charge on any atom is 0.243 e. The first-order chi connectivity index (χ1) is 30.6. The number of phenols is 1. The molecule has 0 radical (unpaired) electrons. The maximum atomic E-state index is 13.9. The van der Waals surface area contributed by atoms with Gasteiger partial charge in [0.25, 0.3) is 0 Å². The van der Waals surface area contributed by atoms with Crippen molar-refractivity contribution in [2.24, 2.45) is 29.0 Å². The van der Waals surface area contributed by atoms with Crippen LogP contribution in [-0.2, 0) is 59.2 Å². The minimum absolute atomic E-state index is 0.0245. The van der Waals surface area contributed by atoms with Crippen molar-refractivity contribution in [2.75, 3.05) is 13.1 Å². The van der Waals surface area contributed by atoms with E-state index in [0.29, 0.717) is 18.4 Å². The van der Waals surface area contributed by atoms with E-state index in [9.17, 15) is 57.8 Å². The van der Waals surface area contributed by atoms with Crippen molar-refractivity contribution >= 4 is 65.0 Å². The van der Waals surface area contributed by atoms with E-state index < -0.39 is 133 Å². The first-order valence-corrected chi connectivity index (χ1v) is 21.6. The maximum absolute atomic E-state index is 13.9. The van der Waals surface area contributed by atoms with Crippen molar-refractivity contribution in [3.05, 3.63) is 29.8 Å². The number of primary amides is 3. The van der Waals surface area contributed by atoms with E-state index >= 15 is 0 Å². The molecule has 360 valence electrons. The van der Waals surface area contributed by atoms with Crippen LogP contribution in [-0.4, -0.2) is 119 Å². The van der Waals surface area contributed by atoms with E-state index in [4.69, 9.17) is 17.2 Å². The Labute approximate surface area is 377 Å². The smallest absolute Gasteiger partial charge is 0.243 e. The molecule has 1 aromatic rings. The minimum atomic E-state index is -1.72. The van der Waals surface area contributed by atoms with Gasteiger partial charge in [0, 0.05) is 19.3 Å². The fourth-order valence-corrected chi connectivity index (χ4v) is 6.69. The van der Waals surface area contributed by atoms with Gasteiger partial charge in [0.2, 0.25) is 65.0 Å². The lowest BCUT2D eigenvalue weighted by Gasteiger charge is -2.29. The fourth-order valence-electron chi connectivity index (χ4n) is 6.69. The summed E-state index contributed by atoms with van der Waals surface area (Å²) in [6, 6.07) is -2.31. The largest absolute Gasteiger partial charge is 0.508 e. The van der Waals surface area contributed by atoms with Gasteiger partial charge in [-0.15, -0.1) is 0 Å². The summed E-state index contributed by atoms with van der Waals surface area (Å²) in [6.07, 6.45) is -0.434. The number of phenolic OH excluding ortho intramolecular Hbond substituents is 1. The highest BCUT2D eigenvalue weighted by molar-refractivity contribution is 5.98. The van der Waals surface area contributed by atoms with Gasteiger partial charge in [0.1, 0.15) is 42.0 Å². The predicted molar refractivity (Wildman–Crippen MR) is 233 cm³/mol. The molecule has 0 aliphatic carbocycles. The van der Waals surface area contributed by atoms with Crippen LogP contribution < -0.4 is 59.7 Å². The molecule has 1 aromatic carbocycles. The van der Waals surface area contributed by atoms with Crippen LogP contribution in [0.1, 0.15) is 97.5 Å². The summed E-state index contributed by atoms with van der Waals surface area (Å²) in [5.74, 6) is -9.88. The van der Waals surface area contributed by atoms with Crippen molar-refractivity contribution in [2.45, 2.75) is 135 Å².